The molecule has 3 aliphatic rings. The molecule has 6 nitrogen and oxygen atoms in total. The number of rotatable bonds is 3. The molecule has 3 heterocycles. The minimum atomic E-state index is -0.0600. The van der Waals surface area contributed by atoms with E-state index in [2.05, 4.69) is 15.6 Å². The van der Waals surface area contributed by atoms with Crippen LogP contribution < -0.4 is 10.6 Å². The molecule has 0 atom stereocenters. The summed E-state index contributed by atoms with van der Waals surface area (Å²) >= 11 is 0. The van der Waals surface area contributed by atoms with Gasteiger partial charge in [-0.2, -0.15) is 0 Å². The van der Waals surface area contributed by atoms with Gasteiger partial charge in [-0.3, -0.25) is 4.79 Å². The number of piperidine rings is 1. The highest BCUT2D eigenvalue weighted by molar-refractivity contribution is 5.93. The lowest BCUT2D eigenvalue weighted by Crippen LogP contribution is -2.42. The fourth-order valence-electron chi connectivity index (χ4n) is 4.73. The number of carbonyl (C=O) groups is 1. The highest BCUT2D eigenvalue weighted by Gasteiger charge is 2.37. The van der Waals surface area contributed by atoms with E-state index in [1.54, 1.807) is 0 Å². The van der Waals surface area contributed by atoms with E-state index in [1.165, 1.54) is 32.1 Å². The zero-order valence-corrected chi connectivity index (χ0v) is 14.9. The van der Waals surface area contributed by atoms with Crippen molar-refractivity contribution < 1.29 is 13.9 Å². The number of nitrogens with one attached hydrogen (secondary N) is 2. The number of oxazole rings is 1. The summed E-state index contributed by atoms with van der Waals surface area (Å²) in [6.07, 6.45) is 10.3. The predicted octanol–water partition coefficient (Wildman–Crippen LogP) is 2.61. The van der Waals surface area contributed by atoms with Gasteiger partial charge in [-0.15, -0.1) is 0 Å². The molecular formula is C19H29N3O3. The van der Waals surface area contributed by atoms with Crippen molar-refractivity contribution >= 4 is 5.91 Å². The average molecular weight is 347 g/mol. The molecule has 0 bridgehead atoms. The highest BCUT2D eigenvalue weighted by Crippen LogP contribution is 2.44. The van der Waals surface area contributed by atoms with Gasteiger partial charge in [0, 0.05) is 25.2 Å². The Labute approximate surface area is 149 Å². The van der Waals surface area contributed by atoms with Crippen molar-refractivity contribution in [3.8, 4) is 0 Å². The zero-order valence-electron chi connectivity index (χ0n) is 14.9. The summed E-state index contributed by atoms with van der Waals surface area (Å²) in [5.41, 5.74) is 0.964. The van der Waals surface area contributed by atoms with Gasteiger partial charge >= 0.3 is 0 Å². The van der Waals surface area contributed by atoms with Crippen molar-refractivity contribution in [1.29, 1.82) is 0 Å². The summed E-state index contributed by atoms with van der Waals surface area (Å²) in [5.74, 6) is 1.02. The predicted molar refractivity (Wildman–Crippen MR) is 93.6 cm³/mol. The van der Waals surface area contributed by atoms with Crippen molar-refractivity contribution in [2.45, 2.75) is 63.3 Å². The first-order valence-electron chi connectivity index (χ1n) is 9.78. The van der Waals surface area contributed by atoms with Crippen LogP contribution >= 0.6 is 0 Å². The molecule has 1 aromatic rings. The maximum Gasteiger partial charge on any atom is 0.273 e. The quantitative estimate of drug-likeness (QED) is 0.879. The first-order valence-corrected chi connectivity index (χ1v) is 9.78. The number of carbonyl (C=O) groups excluding carboxylic acids is 1. The molecule has 2 aliphatic heterocycles. The van der Waals surface area contributed by atoms with Crippen molar-refractivity contribution in [2.75, 3.05) is 26.3 Å². The van der Waals surface area contributed by atoms with E-state index in [0.717, 1.165) is 57.7 Å². The molecule has 0 aromatic carbocycles. The summed E-state index contributed by atoms with van der Waals surface area (Å²) in [6, 6.07) is 0.263. The molecular weight excluding hydrogens is 318 g/mol. The lowest BCUT2D eigenvalue weighted by atomic mass is 9.68. The van der Waals surface area contributed by atoms with Crippen LogP contribution in [0.4, 0.5) is 0 Å². The molecule has 2 N–H and O–H groups in total. The fraction of sp³-hybridized carbons (Fsp3) is 0.789. The maximum absolute atomic E-state index is 12.7. The van der Waals surface area contributed by atoms with Gasteiger partial charge in [0.15, 0.2) is 12.1 Å². The van der Waals surface area contributed by atoms with E-state index in [1.807, 2.05) is 0 Å². The third kappa shape index (κ3) is 3.75. The van der Waals surface area contributed by atoms with Crippen molar-refractivity contribution in [3.05, 3.63) is 17.8 Å². The number of hydrogen-bond donors (Lipinski definition) is 2. The lowest BCUT2D eigenvalue weighted by Gasteiger charge is -2.42. The van der Waals surface area contributed by atoms with Gasteiger partial charge in [0.1, 0.15) is 5.76 Å². The summed E-state index contributed by atoms with van der Waals surface area (Å²) in [4.78, 5) is 17.0. The van der Waals surface area contributed by atoms with E-state index in [0.29, 0.717) is 17.0 Å². The van der Waals surface area contributed by atoms with E-state index in [-0.39, 0.29) is 11.9 Å². The molecule has 1 saturated carbocycles. The monoisotopic (exact) mass is 347 g/mol. The van der Waals surface area contributed by atoms with Gasteiger partial charge in [-0.25, -0.2) is 4.98 Å². The molecule has 3 fully saturated rings. The fourth-order valence-corrected chi connectivity index (χ4v) is 4.73. The molecule has 1 aliphatic carbocycles. The standard InChI is InChI=1S/C19H29N3O3/c23-18(16-17(25-13-21-16)14-3-9-20-10-4-14)22-15-1-5-19(6-2-15)7-11-24-12-8-19/h13-15,20H,1-12H2,(H,22,23). The normalized spacial score (nSPS) is 25.1. The van der Waals surface area contributed by atoms with E-state index >= 15 is 0 Å². The Hall–Kier alpha value is -1.40. The highest BCUT2D eigenvalue weighted by atomic mass is 16.5. The van der Waals surface area contributed by atoms with Crippen LogP contribution in [0.25, 0.3) is 0 Å². The van der Waals surface area contributed by atoms with Crippen molar-refractivity contribution in [3.63, 3.8) is 0 Å². The van der Waals surface area contributed by atoms with Gasteiger partial charge in [0.2, 0.25) is 0 Å². The Bertz CT molecular complexity index is 578. The average Bonchev–Trinajstić information content (AvgIpc) is 3.15. The molecule has 138 valence electrons. The number of nitrogens with zero attached hydrogens (tertiary/aromatic N) is 1. The minimum absolute atomic E-state index is 0.0600. The second-order valence-corrected chi connectivity index (χ2v) is 7.95. The molecule has 4 rings (SSSR count). The third-order valence-corrected chi connectivity index (χ3v) is 6.45. The van der Waals surface area contributed by atoms with Crippen LogP contribution in [0.15, 0.2) is 10.8 Å². The van der Waals surface area contributed by atoms with Crippen LogP contribution in [-0.2, 0) is 4.74 Å². The summed E-state index contributed by atoms with van der Waals surface area (Å²) in [7, 11) is 0. The number of ether oxygens (including phenoxy) is 1. The summed E-state index contributed by atoms with van der Waals surface area (Å²) in [5, 5.41) is 6.56. The van der Waals surface area contributed by atoms with Gasteiger partial charge < -0.3 is 19.8 Å². The smallest absolute Gasteiger partial charge is 0.273 e. The van der Waals surface area contributed by atoms with Crippen molar-refractivity contribution in [1.82, 2.24) is 15.6 Å². The Morgan fingerprint density at radius 3 is 2.56 bits per heavy atom. The van der Waals surface area contributed by atoms with Gasteiger partial charge in [0.05, 0.1) is 0 Å². The molecule has 25 heavy (non-hydrogen) atoms. The molecule has 1 spiro atoms. The molecule has 1 aromatic heterocycles. The Kier molecular flexibility index (Phi) is 5.08. The summed E-state index contributed by atoms with van der Waals surface area (Å²) < 4.78 is 11.1. The van der Waals surface area contributed by atoms with Gasteiger partial charge in [-0.1, -0.05) is 0 Å². The van der Waals surface area contributed by atoms with Crippen LogP contribution in [0.3, 0.4) is 0 Å². The van der Waals surface area contributed by atoms with Crippen molar-refractivity contribution in [2.24, 2.45) is 5.41 Å². The first kappa shape index (κ1) is 17.0. The van der Waals surface area contributed by atoms with Crippen LogP contribution in [0, 0.1) is 5.41 Å². The second kappa shape index (κ2) is 7.46. The number of amides is 1. The maximum atomic E-state index is 12.7. The van der Waals surface area contributed by atoms with Gasteiger partial charge in [0.25, 0.3) is 5.91 Å². The first-order chi connectivity index (χ1) is 12.3. The summed E-state index contributed by atoms with van der Waals surface area (Å²) in [6.45, 7) is 3.74. The molecule has 0 unspecified atom stereocenters. The number of hydrogen-bond acceptors (Lipinski definition) is 5. The Morgan fingerprint density at radius 1 is 1.12 bits per heavy atom. The van der Waals surface area contributed by atoms with Gasteiger partial charge in [-0.05, 0) is 69.9 Å². The largest absolute Gasteiger partial charge is 0.447 e. The zero-order chi connectivity index (χ0) is 17.1. The molecule has 2 saturated heterocycles. The van der Waals surface area contributed by atoms with Crippen LogP contribution in [0.2, 0.25) is 0 Å². The SMILES string of the molecule is O=C(NC1CCC2(CCOCC2)CC1)c1ncoc1C1CCNCC1. The Morgan fingerprint density at radius 2 is 1.84 bits per heavy atom. The number of aromatic nitrogens is 1. The van der Waals surface area contributed by atoms with Crippen LogP contribution in [0.5, 0.6) is 0 Å². The van der Waals surface area contributed by atoms with E-state index in [4.69, 9.17) is 9.15 Å². The minimum Gasteiger partial charge on any atom is -0.447 e. The van der Waals surface area contributed by atoms with Crippen LogP contribution in [-0.4, -0.2) is 43.2 Å². The third-order valence-electron chi connectivity index (χ3n) is 6.45. The van der Waals surface area contributed by atoms with E-state index in [9.17, 15) is 4.79 Å². The molecule has 1 amide bonds. The molecule has 0 radical (unpaired) electrons. The van der Waals surface area contributed by atoms with E-state index < -0.39 is 0 Å². The van der Waals surface area contributed by atoms with Crippen LogP contribution in [0.1, 0.15) is 73.5 Å². The molecule has 6 heteroatoms. The lowest BCUT2D eigenvalue weighted by molar-refractivity contribution is -0.00903. The topological polar surface area (TPSA) is 76.4 Å². The second-order valence-electron chi connectivity index (χ2n) is 7.95. The Balaban J connectivity index is 1.34.